The lowest BCUT2D eigenvalue weighted by atomic mass is 9.92. The molecule has 0 saturated carbocycles. The van der Waals surface area contributed by atoms with E-state index in [0.29, 0.717) is 11.8 Å². The molecule has 0 aliphatic carbocycles. The summed E-state index contributed by atoms with van der Waals surface area (Å²) in [4.78, 5) is 25.6. The highest BCUT2D eigenvalue weighted by Crippen LogP contribution is 2.29. The van der Waals surface area contributed by atoms with Crippen molar-refractivity contribution in [3.63, 3.8) is 0 Å². The zero-order valence-corrected chi connectivity index (χ0v) is 21.9. The van der Waals surface area contributed by atoms with Gasteiger partial charge in [0.05, 0.1) is 22.6 Å². The maximum absolute atomic E-state index is 14.6. The molecule has 2 amide bonds. The molecule has 11 heteroatoms. The predicted molar refractivity (Wildman–Crippen MR) is 148 cm³/mol. The Hall–Kier alpha value is -5.06. The first-order chi connectivity index (χ1) is 18.7. The third-order valence-electron chi connectivity index (χ3n) is 5.81. The summed E-state index contributed by atoms with van der Waals surface area (Å²) in [5.74, 6) is 0.732. The number of nitrogens with one attached hydrogen (secondary N) is 3. The first-order valence-corrected chi connectivity index (χ1v) is 12.2. The summed E-state index contributed by atoms with van der Waals surface area (Å²) in [6.07, 6.45) is 3.27. The number of hydrogen-bond donors (Lipinski definition) is 3. The van der Waals surface area contributed by atoms with E-state index < -0.39 is 11.8 Å². The molecule has 0 saturated heterocycles. The Labute approximate surface area is 224 Å². The molecule has 5 aromatic rings. The van der Waals surface area contributed by atoms with Gasteiger partial charge in [0.25, 0.3) is 0 Å². The van der Waals surface area contributed by atoms with Gasteiger partial charge in [-0.1, -0.05) is 26.8 Å². The number of urea groups is 1. The van der Waals surface area contributed by atoms with E-state index >= 15 is 0 Å². The monoisotopic (exact) mass is 526 g/mol. The van der Waals surface area contributed by atoms with Crippen LogP contribution in [-0.4, -0.2) is 37.8 Å². The van der Waals surface area contributed by atoms with Crippen molar-refractivity contribution in [2.75, 3.05) is 23.0 Å². The highest BCUT2D eigenvalue weighted by atomic mass is 19.1. The minimum Gasteiger partial charge on any atom is -0.439 e. The van der Waals surface area contributed by atoms with Gasteiger partial charge in [-0.3, -0.25) is 10.3 Å². The second-order valence-electron chi connectivity index (χ2n) is 9.75. The molecule has 0 bridgehead atoms. The number of amides is 2. The van der Waals surface area contributed by atoms with Crippen LogP contribution in [0.15, 0.2) is 73.1 Å². The molecule has 0 fully saturated rings. The van der Waals surface area contributed by atoms with E-state index in [1.807, 2.05) is 51.1 Å². The van der Waals surface area contributed by atoms with E-state index in [1.54, 1.807) is 30.1 Å². The highest BCUT2D eigenvalue weighted by molar-refractivity contribution is 5.99. The van der Waals surface area contributed by atoms with Gasteiger partial charge in [-0.05, 0) is 36.4 Å². The Bertz CT molecular complexity index is 1660. The Morgan fingerprint density at radius 3 is 2.62 bits per heavy atom. The molecule has 0 aliphatic heterocycles. The number of fused-ring (bicyclic) bond motifs is 1. The lowest BCUT2D eigenvalue weighted by Crippen LogP contribution is -2.22. The molecule has 10 nitrogen and oxygen atoms in total. The maximum atomic E-state index is 14.6. The molecular weight excluding hydrogens is 499 g/mol. The third-order valence-corrected chi connectivity index (χ3v) is 5.81. The maximum Gasteiger partial charge on any atom is 0.324 e. The number of halogens is 1. The summed E-state index contributed by atoms with van der Waals surface area (Å²) in [7, 11) is 1.69. The number of aromatic nitrogens is 5. The van der Waals surface area contributed by atoms with Crippen LogP contribution in [-0.2, 0) is 5.41 Å². The van der Waals surface area contributed by atoms with Crippen LogP contribution in [0.1, 0.15) is 26.5 Å². The van der Waals surface area contributed by atoms with Crippen molar-refractivity contribution in [3.8, 4) is 17.3 Å². The van der Waals surface area contributed by atoms with E-state index in [2.05, 4.69) is 30.9 Å². The number of hydrogen-bond acceptors (Lipinski definition) is 7. The summed E-state index contributed by atoms with van der Waals surface area (Å²) < 4.78 is 22.0. The quantitative estimate of drug-likeness (QED) is 0.244. The number of pyridine rings is 1. The van der Waals surface area contributed by atoms with Crippen LogP contribution in [0, 0.1) is 5.82 Å². The Kier molecular flexibility index (Phi) is 6.80. The third kappa shape index (κ3) is 5.77. The van der Waals surface area contributed by atoms with Crippen molar-refractivity contribution in [3.05, 3.63) is 84.6 Å². The van der Waals surface area contributed by atoms with Gasteiger partial charge in [-0.2, -0.15) is 10.1 Å². The topological polar surface area (TPSA) is 119 Å². The fraction of sp³-hybridized carbons (Fsp3) is 0.179. The normalized spacial score (nSPS) is 11.3. The van der Waals surface area contributed by atoms with Crippen molar-refractivity contribution >= 4 is 34.4 Å². The largest absolute Gasteiger partial charge is 0.439 e. The van der Waals surface area contributed by atoms with E-state index in [1.165, 1.54) is 24.4 Å². The second kappa shape index (κ2) is 10.4. The van der Waals surface area contributed by atoms with Crippen LogP contribution in [0.5, 0.6) is 11.6 Å². The number of rotatable bonds is 6. The molecule has 2 aromatic carbocycles. The van der Waals surface area contributed by atoms with Gasteiger partial charge < -0.3 is 15.4 Å². The van der Waals surface area contributed by atoms with Crippen LogP contribution in [0.25, 0.3) is 16.6 Å². The van der Waals surface area contributed by atoms with Crippen LogP contribution in [0.4, 0.5) is 26.6 Å². The molecule has 5 rings (SSSR count). The van der Waals surface area contributed by atoms with Gasteiger partial charge >= 0.3 is 6.03 Å². The van der Waals surface area contributed by atoms with Crippen molar-refractivity contribution in [2.24, 2.45) is 0 Å². The van der Waals surface area contributed by atoms with Gasteiger partial charge in [0.2, 0.25) is 11.8 Å². The number of nitrogens with zero attached hydrogens (tertiary/aromatic N) is 5. The number of anilines is 3. The van der Waals surface area contributed by atoms with E-state index in [4.69, 9.17) is 9.84 Å². The van der Waals surface area contributed by atoms with Crippen molar-refractivity contribution in [1.82, 2.24) is 24.7 Å². The minimum atomic E-state index is -0.644. The molecule has 0 atom stereocenters. The van der Waals surface area contributed by atoms with Gasteiger partial charge in [-0.15, -0.1) is 0 Å². The predicted octanol–water partition coefficient (Wildman–Crippen LogP) is 6.13. The molecule has 0 spiro atoms. The summed E-state index contributed by atoms with van der Waals surface area (Å²) in [6.45, 7) is 6.10. The first kappa shape index (κ1) is 25.6. The first-order valence-electron chi connectivity index (χ1n) is 12.2. The molecule has 0 unspecified atom stereocenters. The molecule has 39 heavy (non-hydrogen) atoms. The molecule has 198 valence electrons. The summed E-state index contributed by atoms with van der Waals surface area (Å²) in [6, 6.07) is 16.3. The summed E-state index contributed by atoms with van der Waals surface area (Å²) in [5, 5.41) is 13.9. The van der Waals surface area contributed by atoms with Crippen LogP contribution < -0.4 is 20.7 Å². The Morgan fingerprint density at radius 1 is 0.974 bits per heavy atom. The number of carbonyl (C=O) groups is 1. The Morgan fingerprint density at radius 2 is 1.82 bits per heavy atom. The fourth-order valence-electron chi connectivity index (χ4n) is 3.80. The lowest BCUT2D eigenvalue weighted by molar-refractivity contribution is 0.262. The highest BCUT2D eigenvalue weighted by Gasteiger charge is 2.22. The molecule has 3 N–H and O–H groups in total. The van der Waals surface area contributed by atoms with Crippen molar-refractivity contribution in [2.45, 2.75) is 26.2 Å². The minimum absolute atomic E-state index is 0.0632. The standard InChI is InChI=1S/C28H27FN8O2/c1-28(2,3)23-16-24(37(36-23)18-7-10-21-17(14-18)6-5-12-31-21)34-27(38)33-22-15-19(8-9-20(22)29)39-25-11-13-32-26(30-4)35-25/h5-16H,1-4H3,(H,30,32,35)(H2,33,34,38). The zero-order chi connectivity index (χ0) is 27.6. The molecule has 0 radical (unpaired) electrons. The van der Waals surface area contributed by atoms with Gasteiger partial charge in [0.1, 0.15) is 17.4 Å². The number of benzene rings is 2. The fourth-order valence-corrected chi connectivity index (χ4v) is 3.80. The average Bonchev–Trinajstić information content (AvgIpc) is 3.34. The van der Waals surface area contributed by atoms with E-state index in [-0.39, 0.29) is 22.7 Å². The average molecular weight is 527 g/mol. The number of carbonyl (C=O) groups excluding carboxylic acids is 1. The SMILES string of the molecule is CNc1nccc(Oc2ccc(F)c(NC(=O)Nc3cc(C(C)(C)C)nn3-c3ccc4ncccc4c3)c2)n1. The van der Waals surface area contributed by atoms with E-state index in [9.17, 15) is 9.18 Å². The van der Waals surface area contributed by atoms with Gasteiger partial charge in [-0.25, -0.2) is 18.9 Å². The van der Waals surface area contributed by atoms with Gasteiger partial charge in [0, 0.05) is 48.4 Å². The Balaban J connectivity index is 1.40. The molecule has 0 aliphatic rings. The van der Waals surface area contributed by atoms with Crippen molar-refractivity contribution in [1.29, 1.82) is 0 Å². The second-order valence-corrected chi connectivity index (χ2v) is 9.75. The lowest BCUT2D eigenvalue weighted by Gasteiger charge is -2.14. The smallest absolute Gasteiger partial charge is 0.324 e. The van der Waals surface area contributed by atoms with Crippen LogP contribution in [0.3, 0.4) is 0 Å². The number of ether oxygens (including phenoxy) is 1. The zero-order valence-electron chi connectivity index (χ0n) is 21.9. The van der Waals surface area contributed by atoms with Crippen molar-refractivity contribution < 1.29 is 13.9 Å². The summed E-state index contributed by atoms with van der Waals surface area (Å²) >= 11 is 0. The van der Waals surface area contributed by atoms with Crippen LogP contribution >= 0.6 is 0 Å². The van der Waals surface area contributed by atoms with Gasteiger partial charge in [0.15, 0.2) is 0 Å². The molecule has 3 heterocycles. The summed E-state index contributed by atoms with van der Waals surface area (Å²) in [5.41, 5.74) is 2.03. The van der Waals surface area contributed by atoms with Crippen LogP contribution in [0.2, 0.25) is 0 Å². The molecule has 3 aromatic heterocycles. The van der Waals surface area contributed by atoms with E-state index in [0.717, 1.165) is 22.3 Å². The molecular formula is C28H27FN8O2.